The van der Waals surface area contributed by atoms with Gasteiger partial charge >= 0.3 is 0 Å². The highest BCUT2D eigenvalue weighted by atomic mass is 15.3. The van der Waals surface area contributed by atoms with Gasteiger partial charge in [-0.2, -0.15) is 5.10 Å². The predicted molar refractivity (Wildman–Crippen MR) is 50.8 cm³/mol. The van der Waals surface area contributed by atoms with Crippen LogP contribution in [0, 0.1) is 5.92 Å². The Balaban J connectivity index is 3.93. The summed E-state index contributed by atoms with van der Waals surface area (Å²) in [6.45, 7) is 12.6. The van der Waals surface area contributed by atoms with Gasteiger partial charge in [-0.05, 0) is 33.6 Å². The van der Waals surface area contributed by atoms with Crippen LogP contribution in [0.25, 0.3) is 0 Å². The van der Waals surface area contributed by atoms with E-state index < -0.39 is 0 Å². The number of hydrogen-bond donors (Lipinski definition) is 1. The first-order valence-electron chi connectivity index (χ1n) is 4.14. The standard InChI is InChI=1S/C9H20N2/c1-7(2)8(3)10-11-9(4,5)6/h7,11H,1-6H3/b10-8-. The Morgan fingerprint density at radius 2 is 1.73 bits per heavy atom. The van der Waals surface area contributed by atoms with Crippen molar-refractivity contribution in [1.29, 1.82) is 0 Å². The van der Waals surface area contributed by atoms with E-state index in [-0.39, 0.29) is 5.54 Å². The smallest absolute Gasteiger partial charge is 0.0464 e. The topological polar surface area (TPSA) is 24.4 Å². The lowest BCUT2D eigenvalue weighted by Crippen LogP contribution is -2.32. The van der Waals surface area contributed by atoms with Gasteiger partial charge in [0.25, 0.3) is 0 Å². The summed E-state index contributed by atoms with van der Waals surface area (Å²) in [5, 5.41) is 4.26. The fourth-order valence-electron chi connectivity index (χ4n) is 0.385. The van der Waals surface area contributed by atoms with Gasteiger partial charge in [0.15, 0.2) is 0 Å². The van der Waals surface area contributed by atoms with Gasteiger partial charge in [-0.1, -0.05) is 13.8 Å². The first kappa shape index (κ1) is 10.5. The van der Waals surface area contributed by atoms with Crippen LogP contribution in [-0.2, 0) is 0 Å². The fraction of sp³-hybridized carbons (Fsp3) is 0.889. The minimum Gasteiger partial charge on any atom is -0.305 e. The molecule has 0 unspecified atom stereocenters. The molecule has 66 valence electrons. The van der Waals surface area contributed by atoms with Crippen LogP contribution >= 0.6 is 0 Å². The van der Waals surface area contributed by atoms with E-state index in [9.17, 15) is 0 Å². The largest absolute Gasteiger partial charge is 0.305 e. The number of nitrogens with zero attached hydrogens (tertiary/aromatic N) is 1. The molecule has 0 bridgehead atoms. The first-order chi connectivity index (χ1) is 4.83. The van der Waals surface area contributed by atoms with Gasteiger partial charge in [0.1, 0.15) is 0 Å². The molecule has 0 aliphatic rings. The van der Waals surface area contributed by atoms with Gasteiger partial charge in [0.2, 0.25) is 0 Å². The van der Waals surface area contributed by atoms with Crippen molar-refractivity contribution in [2.45, 2.75) is 47.1 Å². The summed E-state index contributed by atoms with van der Waals surface area (Å²) in [7, 11) is 0. The highest BCUT2D eigenvalue weighted by Gasteiger charge is 2.07. The summed E-state index contributed by atoms with van der Waals surface area (Å²) < 4.78 is 0. The van der Waals surface area contributed by atoms with E-state index in [1.54, 1.807) is 0 Å². The zero-order valence-corrected chi connectivity index (χ0v) is 8.52. The van der Waals surface area contributed by atoms with Crippen LogP contribution in [0.15, 0.2) is 5.10 Å². The third-order valence-electron chi connectivity index (χ3n) is 1.40. The van der Waals surface area contributed by atoms with Crippen molar-refractivity contribution in [2.75, 3.05) is 0 Å². The van der Waals surface area contributed by atoms with E-state index in [0.717, 1.165) is 5.71 Å². The van der Waals surface area contributed by atoms with Crippen molar-refractivity contribution < 1.29 is 0 Å². The van der Waals surface area contributed by atoms with Crippen LogP contribution in [0.2, 0.25) is 0 Å². The first-order valence-corrected chi connectivity index (χ1v) is 4.14. The van der Waals surface area contributed by atoms with Crippen LogP contribution in [0.5, 0.6) is 0 Å². The summed E-state index contributed by atoms with van der Waals surface area (Å²) in [5.74, 6) is 0.532. The molecule has 0 fully saturated rings. The molecule has 2 heteroatoms. The normalized spacial score (nSPS) is 13.9. The van der Waals surface area contributed by atoms with Crippen molar-refractivity contribution in [3.63, 3.8) is 0 Å². The zero-order valence-electron chi connectivity index (χ0n) is 8.52. The average Bonchev–Trinajstić information content (AvgIpc) is 1.80. The van der Waals surface area contributed by atoms with Crippen molar-refractivity contribution in [3.8, 4) is 0 Å². The molecule has 0 aromatic carbocycles. The van der Waals surface area contributed by atoms with Crippen LogP contribution in [0.4, 0.5) is 0 Å². The van der Waals surface area contributed by atoms with Gasteiger partial charge < -0.3 is 5.43 Å². The maximum Gasteiger partial charge on any atom is 0.0464 e. The number of hydrazone groups is 1. The third-order valence-corrected chi connectivity index (χ3v) is 1.40. The minimum atomic E-state index is 0.0795. The van der Waals surface area contributed by atoms with Crippen molar-refractivity contribution in [3.05, 3.63) is 0 Å². The van der Waals surface area contributed by atoms with Gasteiger partial charge in [-0.15, -0.1) is 0 Å². The molecule has 2 nitrogen and oxygen atoms in total. The Labute approximate surface area is 70.1 Å². The van der Waals surface area contributed by atoms with Crippen molar-refractivity contribution in [2.24, 2.45) is 11.0 Å². The summed E-state index contributed by atoms with van der Waals surface area (Å²) in [5.41, 5.74) is 4.32. The highest BCUT2D eigenvalue weighted by molar-refractivity contribution is 5.83. The molecule has 0 amide bonds. The van der Waals surface area contributed by atoms with Gasteiger partial charge in [0.05, 0.1) is 0 Å². The molecule has 1 N–H and O–H groups in total. The second kappa shape index (κ2) is 3.74. The second-order valence-electron chi connectivity index (χ2n) is 4.27. The molecule has 0 aromatic rings. The molecule has 0 spiro atoms. The van der Waals surface area contributed by atoms with Crippen molar-refractivity contribution >= 4 is 5.71 Å². The molecular weight excluding hydrogens is 136 g/mol. The summed E-state index contributed by atoms with van der Waals surface area (Å²) in [4.78, 5) is 0. The highest BCUT2D eigenvalue weighted by Crippen LogP contribution is 2.00. The molecule has 0 saturated heterocycles. The van der Waals surface area contributed by atoms with Crippen molar-refractivity contribution in [1.82, 2.24) is 5.43 Å². The van der Waals surface area contributed by atoms with E-state index in [1.165, 1.54) is 0 Å². The maximum absolute atomic E-state index is 4.26. The van der Waals surface area contributed by atoms with Crippen LogP contribution in [-0.4, -0.2) is 11.3 Å². The van der Waals surface area contributed by atoms with E-state index in [0.29, 0.717) is 5.92 Å². The van der Waals surface area contributed by atoms with E-state index in [1.807, 2.05) is 6.92 Å². The van der Waals surface area contributed by atoms with E-state index in [4.69, 9.17) is 0 Å². The molecule has 0 atom stereocenters. The van der Waals surface area contributed by atoms with Gasteiger partial charge in [-0.3, -0.25) is 0 Å². The Morgan fingerprint density at radius 3 is 2.00 bits per heavy atom. The monoisotopic (exact) mass is 156 g/mol. The maximum atomic E-state index is 4.26. The van der Waals surface area contributed by atoms with E-state index >= 15 is 0 Å². The number of nitrogens with one attached hydrogen (secondary N) is 1. The summed E-state index contributed by atoms with van der Waals surface area (Å²) in [6, 6.07) is 0. The molecular formula is C9H20N2. The molecule has 11 heavy (non-hydrogen) atoms. The molecule has 0 aliphatic heterocycles. The Morgan fingerprint density at radius 1 is 1.27 bits per heavy atom. The molecule has 0 aromatic heterocycles. The number of hydrogen-bond acceptors (Lipinski definition) is 2. The Hall–Kier alpha value is -0.530. The second-order valence-corrected chi connectivity index (χ2v) is 4.27. The van der Waals surface area contributed by atoms with Gasteiger partial charge in [-0.25, -0.2) is 0 Å². The average molecular weight is 156 g/mol. The van der Waals surface area contributed by atoms with Crippen LogP contribution < -0.4 is 5.43 Å². The quantitative estimate of drug-likeness (QED) is 0.482. The van der Waals surface area contributed by atoms with Crippen LogP contribution in [0.3, 0.4) is 0 Å². The third kappa shape index (κ3) is 5.89. The van der Waals surface area contributed by atoms with Gasteiger partial charge in [0, 0.05) is 11.3 Å². The summed E-state index contributed by atoms with van der Waals surface area (Å²) >= 11 is 0. The Kier molecular flexibility index (Phi) is 3.56. The van der Waals surface area contributed by atoms with Crippen LogP contribution in [0.1, 0.15) is 41.5 Å². The van der Waals surface area contributed by atoms with E-state index in [2.05, 4.69) is 45.1 Å². The Bertz CT molecular complexity index is 140. The molecule has 0 heterocycles. The predicted octanol–water partition coefficient (Wildman–Crippen LogP) is 2.41. The molecule has 0 aliphatic carbocycles. The lowest BCUT2D eigenvalue weighted by Gasteiger charge is -2.18. The fourth-order valence-corrected chi connectivity index (χ4v) is 0.385. The molecule has 0 radical (unpaired) electrons. The molecule has 0 saturated carbocycles. The minimum absolute atomic E-state index is 0.0795. The summed E-state index contributed by atoms with van der Waals surface area (Å²) in [6.07, 6.45) is 0. The SMILES string of the molecule is C/C(=N/NC(C)(C)C)C(C)C. The lowest BCUT2D eigenvalue weighted by molar-refractivity contribution is 0.439. The lowest BCUT2D eigenvalue weighted by atomic mass is 10.1. The zero-order chi connectivity index (χ0) is 9.07. The number of rotatable bonds is 2. The molecule has 0 rings (SSSR count).